The largest absolute Gasteiger partial charge is 0.418 e. The van der Waals surface area contributed by atoms with Crippen molar-refractivity contribution < 1.29 is 79.0 Å². The number of alkyl halides is 18. The van der Waals surface area contributed by atoms with E-state index in [1.54, 1.807) is 60.7 Å². The van der Waals surface area contributed by atoms with Gasteiger partial charge in [-0.05, 0) is 93.5 Å². The minimum Gasteiger partial charge on any atom is -0.309 e. The van der Waals surface area contributed by atoms with Crippen molar-refractivity contribution in [1.29, 1.82) is 0 Å². The molecule has 0 saturated carbocycles. The van der Waals surface area contributed by atoms with E-state index in [4.69, 9.17) is 0 Å². The quantitative estimate of drug-likeness (QED) is 0.0892. The molecule has 0 spiro atoms. The molecule has 0 saturated heterocycles. The summed E-state index contributed by atoms with van der Waals surface area (Å²) in [4.78, 5) is 0. The van der Waals surface area contributed by atoms with E-state index in [1.807, 2.05) is 0 Å². The summed E-state index contributed by atoms with van der Waals surface area (Å²) in [6, 6.07) is 32.3. The smallest absolute Gasteiger partial charge is 0.309 e. The summed E-state index contributed by atoms with van der Waals surface area (Å²) in [5.41, 5.74) is -12.8. The highest BCUT2D eigenvalue weighted by Gasteiger charge is 2.45. The van der Waals surface area contributed by atoms with E-state index < -0.39 is 111 Å². The Balaban J connectivity index is 1.24. The third-order valence-corrected chi connectivity index (χ3v) is 18.0. The molecule has 8 aromatic carbocycles. The fourth-order valence-electron chi connectivity index (χ4n) is 10.0. The van der Waals surface area contributed by atoms with Gasteiger partial charge in [-0.25, -0.2) is 0 Å². The Bertz CT molecular complexity index is 3570. The average Bonchev–Trinajstić information content (AvgIpc) is 3.85. The van der Waals surface area contributed by atoms with E-state index in [2.05, 4.69) is 0 Å². The molecule has 0 N–H and O–H groups in total. The van der Waals surface area contributed by atoms with E-state index in [9.17, 15) is 79.0 Å². The number of rotatable bonds is 6. The lowest BCUT2D eigenvalue weighted by Gasteiger charge is -2.34. The first-order chi connectivity index (χ1) is 35.0. The molecule has 2 heterocycles. The summed E-state index contributed by atoms with van der Waals surface area (Å²) in [6.07, 6.45) is -31.6. The Morgan fingerprint density at radius 2 is 0.573 bits per heavy atom. The van der Waals surface area contributed by atoms with Crippen LogP contribution in [0.5, 0.6) is 0 Å². The van der Waals surface area contributed by atoms with Crippen molar-refractivity contribution in [2.45, 2.75) is 37.1 Å². The van der Waals surface area contributed by atoms with Crippen LogP contribution in [0.15, 0.2) is 170 Å². The molecule has 2 aromatic heterocycles. The zero-order valence-electron chi connectivity index (χ0n) is 37.4. The monoisotopic (exact) mass is 1070 g/mol. The third kappa shape index (κ3) is 8.63. The van der Waals surface area contributed by atoms with Gasteiger partial charge in [0.15, 0.2) is 8.07 Å². The van der Waals surface area contributed by atoms with Gasteiger partial charge >= 0.3 is 37.1 Å². The highest BCUT2D eigenvalue weighted by Crippen LogP contribution is 2.48. The van der Waals surface area contributed by atoms with Crippen molar-refractivity contribution in [1.82, 2.24) is 9.13 Å². The second-order valence-corrected chi connectivity index (χ2v) is 21.3. The van der Waals surface area contributed by atoms with Gasteiger partial charge in [0.05, 0.1) is 55.4 Å². The van der Waals surface area contributed by atoms with Crippen LogP contribution < -0.4 is 20.7 Å². The van der Waals surface area contributed by atoms with Crippen LogP contribution in [0.4, 0.5) is 79.0 Å². The number of hydrogen-bond acceptors (Lipinski definition) is 0. The van der Waals surface area contributed by atoms with Gasteiger partial charge < -0.3 is 9.13 Å². The number of hydrogen-bond donors (Lipinski definition) is 0. The Kier molecular flexibility index (Phi) is 11.6. The molecule has 0 bridgehead atoms. The molecule has 0 aliphatic heterocycles. The molecule has 10 aromatic rings. The van der Waals surface area contributed by atoms with Crippen molar-refractivity contribution in [2.75, 3.05) is 0 Å². The SMILES string of the molecule is FC(F)(F)c1cc(C(F)(F)F)c2c(c1)c1ccc(C(F)(F)F)cc1n2-c1ccc([Si](c2ccccc2)(c2ccccc2)c2ccc(-n3c4cc(C(F)(F)F)ccc4c4cc(C(F)(F)F)cc(C(F)(F)F)c43)cc2)cc1. The van der Waals surface area contributed by atoms with Crippen LogP contribution in [0.2, 0.25) is 0 Å². The normalized spacial score (nSPS) is 13.5. The van der Waals surface area contributed by atoms with E-state index >= 15 is 0 Å². The third-order valence-electron chi connectivity index (χ3n) is 13.2. The number of nitrogens with zero attached hydrogens (tertiary/aromatic N) is 2. The van der Waals surface area contributed by atoms with Crippen molar-refractivity contribution in [3.05, 3.63) is 203 Å². The molecule has 0 fully saturated rings. The molecule has 75 heavy (non-hydrogen) atoms. The summed E-state index contributed by atoms with van der Waals surface area (Å²) in [5.74, 6) is 0. The van der Waals surface area contributed by atoms with Gasteiger partial charge in [-0.1, -0.05) is 97.1 Å². The molecular weight excluding hydrogens is 1050 g/mol. The predicted molar refractivity (Wildman–Crippen MR) is 249 cm³/mol. The second-order valence-electron chi connectivity index (χ2n) is 17.5. The fraction of sp³-hybridized carbons (Fsp3) is 0.111. The Morgan fingerprint density at radius 1 is 0.267 bits per heavy atom. The minimum absolute atomic E-state index is 0.124. The van der Waals surface area contributed by atoms with Crippen LogP contribution in [-0.2, 0) is 37.1 Å². The first kappa shape index (κ1) is 50.8. The molecule has 384 valence electrons. The predicted octanol–water partition coefficient (Wildman–Crippen LogP) is 15.4. The van der Waals surface area contributed by atoms with Gasteiger partial charge in [0.1, 0.15) is 0 Å². The zero-order chi connectivity index (χ0) is 54.0. The summed E-state index contributed by atoms with van der Waals surface area (Å²) >= 11 is 0. The first-order valence-corrected chi connectivity index (χ1v) is 24.0. The summed E-state index contributed by atoms with van der Waals surface area (Å²) in [6.45, 7) is 0. The average molecular weight is 1070 g/mol. The van der Waals surface area contributed by atoms with Crippen LogP contribution in [0.25, 0.3) is 55.0 Å². The standard InChI is InChI=1S/C54H28F18N2Si/c55-49(56,57)29-11-21-39-41-23-31(51(61,62)63)25-43(53(67,68)69)47(41)73(45(39)27-29)33-13-17-37(18-14-33)75(35-7-3-1-4-8-35,36-9-5-2-6-10-36)38-19-15-34(16-20-38)74-46-28-30(50(58,59)60)12-22-40(46)42-24-32(52(64,65)66)26-44(48(42)74)54(70,71)72/h1-28H. The summed E-state index contributed by atoms with van der Waals surface area (Å²) in [7, 11) is -3.86. The zero-order valence-corrected chi connectivity index (χ0v) is 38.4. The van der Waals surface area contributed by atoms with Gasteiger partial charge in [-0.15, -0.1) is 0 Å². The maximum absolute atomic E-state index is 14.9. The van der Waals surface area contributed by atoms with Crippen LogP contribution in [0, 0.1) is 0 Å². The molecule has 0 amide bonds. The summed E-state index contributed by atoms with van der Waals surface area (Å²) < 4.78 is 261. The lowest BCUT2D eigenvalue weighted by molar-refractivity contribution is -0.143. The number of benzene rings is 8. The van der Waals surface area contributed by atoms with Crippen LogP contribution in [0.1, 0.15) is 33.4 Å². The lowest BCUT2D eigenvalue weighted by atomic mass is 10.0. The van der Waals surface area contributed by atoms with Gasteiger partial charge in [0, 0.05) is 32.9 Å². The molecule has 0 atom stereocenters. The van der Waals surface area contributed by atoms with E-state index in [0.29, 0.717) is 57.1 Å². The highest BCUT2D eigenvalue weighted by molar-refractivity contribution is 7.19. The molecule has 0 aliphatic rings. The van der Waals surface area contributed by atoms with Crippen molar-refractivity contribution in [3.63, 3.8) is 0 Å². The van der Waals surface area contributed by atoms with E-state index in [1.165, 1.54) is 48.5 Å². The van der Waals surface area contributed by atoms with Gasteiger partial charge in [-0.3, -0.25) is 0 Å². The first-order valence-electron chi connectivity index (χ1n) is 22.0. The topological polar surface area (TPSA) is 9.86 Å². The molecular formula is C54H28F18N2Si. The van der Waals surface area contributed by atoms with E-state index in [-0.39, 0.29) is 34.3 Å². The number of aromatic nitrogens is 2. The van der Waals surface area contributed by atoms with Crippen LogP contribution in [-0.4, -0.2) is 17.2 Å². The van der Waals surface area contributed by atoms with Crippen molar-refractivity contribution in [2.24, 2.45) is 0 Å². The number of halogens is 18. The minimum atomic E-state index is -5.46. The summed E-state index contributed by atoms with van der Waals surface area (Å²) in [5, 5.41) is 0.0331. The molecule has 10 rings (SSSR count). The maximum atomic E-state index is 14.9. The Morgan fingerprint density at radius 3 is 0.867 bits per heavy atom. The number of fused-ring (bicyclic) bond motifs is 6. The molecule has 0 unspecified atom stereocenters. The lowest BCUT2D eigenvalue weighted by Crippen LogP contribution is -2.74. The van der Waals surface area contributed by atoms with Crippen LogP contribution in [0.3, 0.4) is 0 Å². The molecule has 21 heteroatoms. The fourth-order valence-corrected chi connectivity index (χ4v) is 14.8. The Labute approximate surface area is 411 Å². The van der Waals surface area contributed by atoms with Gasteiger partial charge in [0.2, 0.25) is 0 Å². The van der Waals surface area contributed by atoms with Gasteiger partial charge in [0.25, 0.3) is 0 Å². The highest BCUT2D eigenvalue weighted by atomic mass is 28.3. The van der Waals surface area contributed by atoms with Crippen molar-refractivity contribution in [3.8, 4) is 11.4 Å². The molecule has 0 radical (unpaired) electrons. The molecule has 0 aliphatic carbocycles. The second kappa shape index (κ2) is 17.2. The molecule has 2 nitrogen and oxygen atoms in total. The van der Waals surface area contributed by atoms with E-state index in [0.717, 1.165) is 21.3 Å². The van der Waals surface area contributed by atoms with Gasteiger partial charge in [-0.2, -0.15) is 79.0 Å². The van der Waals surface area contributed by atoms with Crippen LogP contribution >= 0.6 is 0 Å². The Hall–Kier alpha value is -7.68. The maximum Gasteiger partial charge on any atom is 0.418 e. The van der Waals surface area contributed by atoms with Crippen molar-refractivity contribution >= 4 is 72.4 Å².